The van der Waals surface area contributed by atoms with Crippen molar-refractivity contribution in [2.24, 2.45) is 0 Å². The second kappa shape index (κ2) is 7.91. The maximum atomic E-state index is 6.42. The summed E-state index contributed by atoms with van der Waals surface area (Å²) in [4.78, 5) is 13.3. The fourth-order valence-electron chi connectivity index (χ4n) is 3.86. The molecule has 0 bridgehead atoms. The highest BCUT2D eigenvalue weighted by Gasteiger charge is 2.22. The van der Waals surface area contributed by atoms with Gasteiger partial charge in [-0.25, -0.2) is 4.98 Å². The first-order valence-corrected chi connectivity index (χ1v) is 10.1. The van der Waals surface area contributed by atoms with Gasteiger partial charge in [-0.1, -0.05) is 48.5 Å². The zero-order chi connectivity index (χ0) is 20.3. The molecule has 2 N–H and O–H groups in total. The van der Waals surface area contributed by atoms with Gasteiger partial charge in [-0.3, -0.25) is 0 Å². The molecule has 1 fully saturated rings. The molecule has 1 aliphatic rings. The van der Waals surface area contributed by atoms with Crippen LogP contribution in [0.15, 0.2) is 79.1 Å². The number of anilines is 3. The topological polar surface area (TPSA) is 67.5 Å². The molecule has 150 valence electrons. The van der Waals surface area contributed by atoms with Crippen LogP contribution >= 0.6 is 0 Å². The number of rotatable bonds is 4. The normalized spacial score (nSPS) is 14.1. The van der Waals surface area contributed by atoms with E-state index in [4.69, 9.17) is 10.5 Å². The van der Waals surface area contributed by atoms with Crippen LogP contribution in [0, 0.1) is 0 Å². The Morgan fingerprint density at radius 1 is 0.733 bits per heavy atom. The highest BCUT2D eigenvalue weighted by molar-refractivity contribution is 5.84. The third-order valence-corrected chi connectivity index (χ3v) is 5.46. The van der Waals surface area contributed by atoms with E-state index >= 15 is 0 Å². The smallest absolute Gasteiger partial charge is 0.248 e. The van der Waals surface area contributed by atoms with Crippen LogP contribution in [0.1, 0.15) is 0 Å². The van der Waals surface area contributed by atoms with Crippen molar-refractivity contribution in [1.82, 2.24) is 9.97 Å². The van der Waals surface area contributed by atoms with Crippen LogP contribution in [0.4, 0.5) is 17.2 Å². The van der Waals surface area contributed by atoms with Crippen molar-refractivity contribution >= 4 is 28.0 Å². The average Bonchev–Trinajstić information content (AvgIpc) is 2.81. The first-order valence-electron chi connectivity index (χ1n) is 10.1. The van der Waals surface area contributed by atoms with Gasteiger partial charge >= 0.3 is 0 Å². The minimum absolute atomic E-state index is 0.390. The number of nitrogen functional groups attached to an aromatic ring is 1. The maximum absolute atomic E-state index is 6.42. The largest absolute Gasteiger partial charge is 0.437 e. The van der Waals surface area contributed by atoms with E-state index in [9.17, 15) is 0 Å². The summed E-state index contributed by atoms with van der Waals surface area (Å²) >= 11 is 0. The molecule has 0 amide bonds. The van der Waals surface area contributed by atoms with E-state index in [1.54, 1.807) is 0 Å². The molecule has 6 nitrogen and oxygen atoms in total. The average molecular weight is 397 g/mol. The molecule has 1 aliphatic heterocycles. The van der Waals surface area contributed by atoms with Crippen molar-refractivity contribution in [3.8, 4) is 11.6 Å². The highest BCUT2D eigenvalue weighted by atomic mass is 16.5. The van der Waals surface area contributed by atoms with Crippen molar-refractivity contribution in [2.45, 2.75) is 0 Å². The van der Waals surface area contributed by atoms with Gasteiger partial charge in [-0.2, -0.15) is 4.98 Å². The van der Waals surface area contributed by atoms with Gasteiger partial charge < -0.3 is 20.3 Å². The Balaban J connectivity index is 1.33. The van der Waals surface area contributed by atoms with E-state index in [1.165, 1.54) is 12.0 Å². The van der Waals surface area contributed by atoms with Crippen LogP contribution in [0.3, 0.4) is 0 Å². The number of nitrogens with zero attached hydrogens (tertiary/aromatic N) is 4. The Bertz CT molecular complexity index is 1160. The number of fused-ring (bicyclic) bond motifs is 1. The number of hydrogen-bond acceptors (Lipinski definition) is 6. The lowest BCUT2D eigenvalue weighted by molar-refractivity contribution is 0.464. The highest BCUT2D eigenvalue weighted by Crippen LogP contribution is 2.33. The summed E-state index contributed by atoms with van der Waals surface area (Å²) < 4.78 is 6.03. The molecule has 0 radical (unpaired) electrons. The minimum Gasteiger partial charge on any atom is -0.437 e. The summed E-state index contributed by atoms with van der Waals surface area (Å²) in [6.07, 6.45) is 1.52. The number of benzene rings is 3. The molecule has 0 atom stereocenters. The van der Waals surface area contributed by atoms with E-state index in [1.807, 2.05) is 36.4 Å². The van der Waals surface area contributed by atoms with Crippen LogP contribution in [0.5, 0.6) is 11.6 Å². The number of piperazine rings is 1. The Morgan fingerprint density at radius 3 is 2.23 bits per heavy atom. The van der Waals surface area contributed by atoms with E-state index in [-0.39, 0.29) is 0 Å². The molecule has 3 aromatic carbocycles. The van der Waals surface area contributed by atoms with Crippen molar-refractivity contribution in [2.75, 3.05) is 41.7 Å². The summed E-state index contributed by atoms with van der Waals surface area (Å²) in [5.74, 6) is 1.83. The lowest BCUT2D eigenvalue weighted by atomic mass is 10.1. The van der Waals surface area contributed by atoms with Crippen LogP contribution in [0.2, 0.25) is 0 Å². The molecule has 0 saturated carbocycles. The van der Waals surface area contributed by atoms with Gasteiger partial charge in [0.15, 0.2) is 5.82 Å². The van der Waals surface area contributed by atoms with E-state index in [0.717, 1.165) is 42.8 Å². The zero-order valence-electron chi connectivity index (χ0n) is 16.6. The summed E-state index contributed by atoms with van der Waals surface area (Å²) in [5, 5.41) is 2.28. The monoisotopic (exact) mass is 397 g/mol. The van der Waals surface area contributed by atoms with Gasteiger partial charge in [-0.05, 0) is 35.0 Å². The number of hydrogen-bond donors (Lipinski definition) is 1. The Morgan fingerprint density at radius 2 is 1.43 bits per heavy atom. The minimum atomic E-state index is 0.390. The van der Waals surface area contributed by atoms with Crippen molar-refractivity contribution < 1.29 is 4.74 Å². The lowest BCUT2D eigenvalue weighted by Gasteiger charge is -2.37. The van der Waals surface area contributed by atoms with Crippen LogP contribution in [-0.4, -0.2) is 36.1 Å². The molecule has 1 aromatic heterocycles. The fourth-order valence-corrected chi connectivity index (χ4v) is 3.86. The number of aromatic nitrogens is 2. The predicted octanol–water partition coefficient (Wildman–Crippen LogP) is 4.33. The van der Waals surface area contributed by atoms with E-state index < -0.39 is 0 Å². The SMILES string of the molecule is Nc1c(Oc2ccc3ccccc3c2)ncnc1N1CCN(c2ccccc2)CC1. The summed E-state index contributed by atoms with van der Waals surface area (Å²) in [7, 11) is 0. The number of para-hydroxylation sites is 1. The molecule has 30 heavy (non-hydrogen) atoms. The summed E-state index contributed by atoms with van der Waals surface area (Å²) in [5.41, 5.74) is 8.13. The van der Waals surface area contributed by atoms with Crippen molar-refractivity contribution in [3.63, 3.8) is 0 Å². The van der Waals surface area contributed by atoms with Crippen LogP contribution < -0.4 is 20.3 Å². The number of ether oxygens (including phenoxy) is 1. The second-order valence-electron chi connectivity index (χ2n) is 7.34. The molecular formula is C24H23N5O. The Kier molecular flexibility index (Phi) is 4.81. The molecule has 5 rings (SSSR count). The molecule has 2 heterocycles. The molecular weight excluding hydrogens is 374 g/mol. The molecule has 0 unspecified atom stereocenters. The summed E-state index contributed by atoms with van der Waals surface area (Å²) in [6.45, 7) is 3.50. The van der Waals surface area contributed by atoms with Gasteiger partial charge in [-0.15, -0.1) is 0 Å². The standard InChI is InChI=1S/C24H23N5O/c25-22-23(29-14-12-28(13-15-29)20-8-2-1-3-9-20)26-17-27-24(22)30-21-11-10-18-6-4-5-7-19(18)16-21/h1-11,16-17H,12-15,25H2. The van der Waals surface area contributed by atoms with Crippen LogP contribution in [-0.2, 0) is 0 Å². The molecule has 1 saturated heterocycles. The third-order valence-electron chi connectivity index (χ3n) is 5.46. The zero-order valence-corrected chi connectivity index (χ0v) is 16.6. The second-order valence-corrected chi connectivity index (χ2v) is 7.34. The van der Waals surface area contributed by atoms with E-state index in [2.05, 4.69) is 56.2 Å². The quantitative estimate of drug-likeness (QED) is 0.553. The van der Waals surface area contributed by atoms with Crippen LogP contribution in [0.25, 0.3) is 10.8 Å². The van der Waals surface area contributed by atoms with Gasteiger partial charge in [0, 0.05) is 31.9 Å². The predicted molar refractivity (Wildman–Crippen MR) is 121 cm³/mol. The first-order chi connectivity index (χ1) is 14.8. The van der Waals surface area contributed by atoms with Crippen molar-refractivity contribution in [3.05, 3.63) is 79.1 Å². The number of nitrogens with two attached hydrogens (primary N) is 1. The van der Waals surface area contributed by atoms with Gasteiger partial charge in [0.25, 0.3) is 0 Å². The molecule has 4 aromatic rings. The van der Waals surface area contributed by atoms with Crippen molar-refractivity contribution in [1.29, 1.82) is 0 Å². The Hall–Kier alpha value is -3.80. The first kappa shape index (κ1) is 18.2. The Labute approximate surface area is 175 Å². The lowest BCUT2D eigenvalue weighted by Crippen LogP contribution is -2.47. The van der Waals surface area contributed by atoms with Gasteiger partial charge in [0.05, 0.1) is 0 Å². The third kappa shape index (κ3) is 3.59. The molecule has 0 aliphatic carbocycles. The molecule has 6 heteroatoms. The van der Waals surface area contributed by atoms with Gasteiger partial charge in [0.1, 0.15) is 17.8 Å². The van der Waals surface area contributed by atoms with Gasteiger partial charge in [0.2, 0.25) is 5.88 Å². The summed E-state index contributed by atoms with van der Waals surface area (Å²) in [6, 6.07) is 24.6. The molecule has 0 spiro atoms. The van der Waals surface area contributed by atoms with E-state index in [0.29, 0.717) is 17.3 Å². The maximum Gasteiger partial charge on any atom is 0.248 e. The fraction of sp³-hybridized carbons (Fsp3) is 0.167.